The van der Waals surface area contributed by atoms with E-state index >= 15 is 0 Å². The second-order valence-corrected chi connectivity index (χ2v) is 9.23. The number of aromatic nitrogens is 3. The molecule has 1 atom stereocenters. The molecule has 156 valence electrons. The van der Waals surface area contributed by atoms with Crippen LogP contribution in [0.1, 0.15) is 18.2 Å². The predicted octanol–water partition coefficient (Wildman–Crippen LogP) is 4.99. The van der Waals surface area contributed by atoms with Crippen LogP contribution < -0.4 is 11.1 Å². The third-order valence-electron chi connectivity index (χ3n) is 4.45. The number of nitrogens with zero attached hydrogens (tertiary/aromatic N) is 3. The summed E-state index contributed by atoms with van der Waals surface area (Å²) in [5.41, 5.74) is 9.32. The van der Waals surface area contributed by atoms with Crippen LogP contribution in [0.25, 0.3) is 20.1 Å². The minimum Gasteiger partial charge on any atom is -0.375 e. The van der Waals surface area contributed by atoms with Crippen molar-refractivity contribution >= 4 is 49.6 Å². The molecule has 6 nitrogen and oxygen atoms in total. The molecule has 0 aliphatic rings. The van der Waals surface area contributed by atoms with Gasteiger partial charge in [-0.1, -0.05) is 35.1 Å². The zero-order chi connectivity index (χ0) is 20.9. The number of ether oxygens (including phenoxy) is 1. The van der Waals surface area contributed by atoms with Crippen molar-refractivity contribution in [2.45, 2.75) is 26.0 Å². The molecule has 0 spiro atoms. The van der Waals surface area contributed by atoms with Crippen molar-refractivity contribution in [1.82, 2.24) is 15.0 Å². The van der Waals surface area contributed by atoms with Crippen molar-refractivity contribution in [2.75, 3.05) is 18.5 Å². The van der Waals surface area contributed by atoms with Gasteiger partial charge in [0.25, 0.3) is 0 Å². The Kier molecular flexibility index (Phi) is 6.91. The summed E-state index contributed by atoms with van der Waals surface area (Å²) in [6.45, 7) is 3.68. The quantitative estimate of drug-likeness (QED) is 0.367. The zero-order valence-corrected chi connectivity index (χ0v) is 18.9. The number of hydrogen-bond acceptors (Lipinski definition) is 8. The summed E-state index contributed by atoms with van der Waals surface area (Å²) in [7, 11) is 0. The first kappa shape index (κ1) is 21.1. The third-order valence-corrected chi connectivity index (χ3v) is 6.92. The van der Waals surface area contributed by atoms with Gasteiger partial charge in [0.15, 0.2) is 5.13 Å². The van der Waals surface area contributed by atoms with Crippen molar-refractivity contribution in [3.05, 3.63) is 59.0 Å². The van der Waals surface area contributed by atoms with Crippen LogP contribution >= 0.6 is 34.3 Å². The van der Waals surface area contributed by atoms with Crippen LogP contribution in [0.2, 0.25) is 5.02 Å². The van der Waals surface area contributed by atoms with E-state index in [1.54, 1.807) is 28.9 Å². The molecule has 9 heteroatoms. The number of anilines is 1. The summed E-state index contributed by atoms with van der Waals surface area (Å²) in [5, 5.41) is 5.87. The number of fused-ring (bicyclic) bond motifs is 1. The first-order valence-corrected chi connectivity index (χ1v) is 11.7. The maximum absolute atomic E-state index is 6.32. The molecule has 0 saturated heterocycles. The lowest BCUT2D eigenvalue weighted by Gasteiger charge is -2.12. The van der Waals surface area contributed by atoms with Crippen LogP contribution in [0, 0.1) is 0 Å². The molecule has 0 aliphatic carbocycles. The van der Waals surface area contributed by atoms with Gasteiger partial charge in [-0.15, -0.1) is 11.3 Å². The molecule has 3 N–H and O–H groups in total. The van der Waals surface area contributed by atoms with Gasteiger partial charge in [0.1, 0.15) is 5.01 Å². The molecule has 30 heavy (non-hydrogen) atoms. The van der Waals surface area contributed by atoms with E-state index in [1.165, 1.54) is 0 Å². The van der Waals surface area contributed by atoms with Crippen molar-refractivity contribution < 1.29 is 4.74 Å². The first-order chi connectivity index (χ1) is 14.6. The standard InChI is InChI=1S/C21H22ClN5OS2/c1-2-28-12-17-19(20-26-16-7-8-24-11-18(16)29-20)30-21(27-17)25-10-15(23)9-13-3-5-14(22)6-4-13/h3-8,11,15H,2,9-10,12,23H2,1H3,(H,25,27)/t15-/m0/s1. The molecule has 1 aromatic carbocycles. The van der Waals surface area contributed by atoms with Crippen molar-refractivity contribution in [3.8, 4) is 9.88 Å². The van der Waals surface area contributed by atoms with Gasteiger partial charge in [-0.2, -0.15) is 0 Å². The Morgan fingerprint density at radius 1 is 1.17 bits per heavy atom. The molecule has 3 heterocycles. The lowest BCUT2D eigenvalue weighted by molar-refractivity contribution is 0.132. The number of hydrogen-bond donors (Lipinski definition) is 2. The van der Waals surface area contributed by atoms with Gasteiger partial charge in [0.2, 0.25) is 0 Å². The van der Waals surface area contributed by atoms with Crippen molar-refractivity contribution in [1.29, 1.82) is 0 Å². The zero-order valence-electron chi connectivity index (χ0n) is 16.5. The third kappa shape index (κ3) is 5.14. The number of thiazole rings is 2. The van der Waals surface area contributed by atoms with Crippen LogP contribution in [0.5, 0.6) is 0 Å². The molecular formula is C21H22ClN5OS2. The summed E-state index contributed by atoms with van der Waals surface area (Å²) in [4.78, 5) is 14.7. The fourth-order valence-electron chi connectivity index (χ4n) is 2.98. The summed E-state index contributed by atoms with van der Waals surface area (Å²) < 4.78 is 6.69. The molecular weight excluding hydrogens is 438 g/mol. The van der Waals surface area contributed by atoms with E-state index in [0.29, 0.717) is 19.8 Å². The Morgan fingerprint density at radius 3 is 2.77 bits per heavy atom. The van der Waals surface area contributed by atoms with Crippen LogP contribution in [-0.4, -0.2) is 34.1 Å². The molecule has 0 bridgehead atoms. The van der Waals surface area contributed by atoms with Crippen LogP contribution in [0.4, 0.5) is 5.13 Å². The van der Waals surface area contributed by atoms with E-state index < -0.39 is 0 Å². The Hall–Kier alpha value is -2.10. The largest absolute Gasteiger partial charge is 0.375 e. The Bertz CT molecular complexity index is 1080. The van der Waals surface area contributed by atoms with Gasteiger partial charge in [-0.25, -0.2) is 9.97 Å². The highest BCUT2D eigenvalue weighted by molar-refractivity contribution is 7.26. The fourth-order valence-corrected chi connectivity index (χ4v) is 5.11. The lowest BCUT2D eigenvalue weighted by atomic mass is 10.1. The second kappa shape index (κ2) is 9.80. The maximum atomic E-state index is 6.32. The van der Waals surface area contributed by atoms with E-state index in [0.717, 1.165) is 47.9 Å². The Morgan fingerprint density at radius 2 is 2.00 bits per heavy atom. The number of pyridine rings is 1. The smallest absolute Gasteiger partial charge is 0.183 e. The molecule has 0 amide bonds. The van der Waals surface area contributed by atoms with Crippen LogP contribution in [0.3, 0.4) is 0 Å². The molecule has 0 radical (unpaired) electrons. The van der Waals surface area contributed by atoms with Gasteiger partial charge >= 0.3 is 0 Å². The maximum Gasteiger partial charge on any atom is 0.183 e. The molecule has 0 aliphatic heterocycles. The highest BCUT2D eigenvalue weighted by Gasteiger charge is 2.17. The van der Waals surface area contributed by atoms with Gasteiger partial charge < -0.3 is 15.8 Å². The molecule has 4 aromatic rings. The number of benzene rings is 1. The summed E-state index contributed by atoms with van der Waals surface area (Å²) in [5.74, 6) is 0. The van der Waals surface area contributed by atoms with Crippen LogP contribution in [0.15, 0.2) is 42.7 Å². The molecule has 0 saturated carbocycles. The Balaban J connectivity index is 1.48. The summed E-state index contributed by atoms with van der Waals surface area (Å²) >= 11 is 9.15. The fraction of sp³-hybridized carbons (Fsp3) is 0.286. The minimum atomic E-state index is -0.0395. The predicted molar refractivity (Wildman–Crippen MR) is 125 cm³/mol. The molecule has 3 aromatic heterocycles. The van der Waals surface area contributed by atoms with E-state index in [2.05, 4.69) is 10.3 Å². The van der Waals surface area contributed by atoms with E-state index in [9.17, 15) is 0 Å². The highest BCUT2D eigenvalue weighted by Crippen LogP contribution is 2.37. The van der Waals surface area contributed by atoms with Gasteiger partial charge in [-0.05, 0) is 37.1 Å². The lowest BCUT2D eigenvalue weighted by Crippen LogP contribution is -2.31. The topological polar surface area (TPSA) is 86.0 Å². The number of halogens is 1. The molecule has 4 rings (SSSR count). The Labute approximate surface area is 188 Å². The van der Waals surface area contributed by atoms with Gasteiger partial charge in [0, 0.05) is 36.6 Å². The first-order valence-electron chi connectivity index (χ1n) is 9.64. The van der Waals surface area contributed by atoms with E-state index in [-0.39, 0.29) is 6.04 Å². The number of rotatable bonds is 9. The monoisotopic (exact) mass is 459 g/mol. The average molecular weight is 460 g/mol. The van der Waals surface area contributed by atoms with E-state index in [4.69, 9.17) is 32.0 Å². The summed E-state index contributed by atoms with van der Waals surface area (Å²) in [6, 6.07) is 9.67. The number of nitrogens with two attached hydrogens (primary N) is 1. The van der Waals surface area contributed by atoms with Crippen LogP contribution in [-0.2, 0) is 17.8 Å². The number of nitrogens with one attached hydrogen (secondary N) is 1. The second-order valence-electron chi connectivity index (χ2n) is 6.77. The van der Waals surface area contributed by atoms with Gasteiger partial charge in [0.05, 0.1) is 27.4 Å². The normalized spacial score (nSPS) is 12.4. The van der Waals surface area contributed by atoms with Crippen molar-refractivity contribution in [3.63, 3.8) is 0 Å². The van der Waals surface area contributed by atoms with E-state index in [1.807, 2.05) is 43.5 Å². The van der Waals surface area contributed by atoms with Crippen molar-refractivity contribution in [2.24, 2.45) is 5.73 Å². The average Bonchev–Trinajstić information content (AvgIpc) is 3.36. The SMILES string of the molecule is CCOCc1nc(NC[C@@H](N)Cc2ccc(Cl)cc2)sc1-c1nc2ccncc2s1. The minimum absolute atomic E-state index is 0.0395. The summed E-state index contributed by atoms with van der Waals surface area (Å²) in [6.07, 6.45) is 4.36. The molecule has 0 unspecified atom stereocenters. The highest BCUT2D eigenvalue weighted by atomic mass is 35.5. The molecule has 0 fully saturated rings. The van der Waals surface area contributed by atoms with Gasteiger partial charge in [-0.3, -0.25) is 4.98 Å².